The highest BCUT2D eigenvalue weighted by Crippen LogP contribution is 2.26. The van der Waals surface area contributed by atoms with Crippen LogP contribution in [-0.4, -0.2) is 26.8 Å². The summed E-state index contributed by atoms with van der Waals surface area (Å²) in [6.07, 6.45) is 0. The van der Waals surface area contributed by atoms with Crippen LogP contribution in [0.3, 0.4) is 0 Å². The zero-order chi connectivity index (χ0) is 16.9. The SMILES string of the molecule is O=C(CSc1n[nH]c(-c2ccccc2Cl)n1)Nc1ccccc1Cl. The van der Waals surface area contributed by atoms with Crippen LogP contribution in [0.2, 0.25) is 10.0 Å². The molecule has 0 spiro atoms. The third-order valence-electron chi connectivity index (χ3n) is 3.07. The van der Waals surface area contributed by atoms with Gasteiger partial charge in [0.05, 0.1) is 21.5 Å². The second-order valence-electron chi connectivity index (χ2n) is 4.76. The molecule has 2 N–H and O–H groups in total. The quantitative estimate of drug-likeness (QED) is 0.640. The molecule has 8 heteroatoms. The minimum absolute atomic E-state index is 0.172. The van der Waals surface area contributed by atoms with Crippen LogP contribution < -0.4 is 5.32 Å². The lowest BCUT2D eigenvalue weighted by Crippen LogP contribution is -2.14. The Morgan fingerprint density at radius 1 is 1.08 bits per heavy atom. The molecule has 1 heterocycles. The Labute approximate surface area is 152 Å². The lowest BCUT2D eigenvalue weighted by molar-refractivity contribution is -0.113. The highest BCUT2D eigenvalue weighted by atomic mass is 35.5. The first-order valence-electron chi connectivity index (χ1n) is 6.98. The number of thioether (sulfide) groups is 1. The molecule has 3 rings (SSSR count). The number of carbonyl (C=O) groups excluding carboxylic acids is 1. The molecule has 0 fully saturated rings. The summed E-state index contributed by atoms with van der Waals surface area (Å²) in [5.41, 5.74) is 1.34. The van der Waals surface area contributed by atoms with E-state index in [2.05, 4.69) is 20.5 Å². The van der Waals surface area contributed by atoms with E-state index < -0.39 is 0 Å². The molecule has 0 saturated carbocycles. The summed E-state index contributed by atoms with van der Waals surface area (Å²) in [5, 5.41) is 11.2. The van der Waals surface area contributed by atoms with Crippen LogP contribution in [0, 0.1) is 0 Å². The Morgan fingerprint density at radius 2 is 1.79 bits per heavy atom. The van der Waals surface area contributed by atoms with Gasteiger partial charge in [-0.15, -0.1) is 5.10 Å². The molecular formula is C16H12Cl2N4OS. The molecule has 3 aromatic rings. The van der Waals surface area contributed by atoms with E-state index >= 15 is 0 Å². The topological polar surface area (TPSA) is 70.7 Å². The molecule has 0 aliphatic rings. The van der Waals surface area contributed by atoms with Crippen molar-refractivity contribution in [2.75, 3.05) is 11.1 Å². The second kappa shape index (κ2) is 7.70. The fraction of sp³-hybridized carbons (Fsp3) is 0.0625. The molecular weight excluding hydrogens is 367 g/mol. The summed E-state index contributed by atoms with van der Waals surface area (Å²) in [4.78, 5) is 16.3. The number of H-pyrrole nitrogens is 1. The van der Waals surface area contributed by atoms with E-state index in [-0.39, 0.29) is 11.7 Å². The number of nitrogens with one attached hydrogen (secondary N) is 2. The second-order valence-corrected chi connectivity index (χ2v) is 6.52. The van der Waals surface area contributed by atoms with E-state index in [9.17, 15) is 4.79 Å². The van der Waals surface area contributed by atoms with Crippen molar-refractivity contribution < 1.29 is 4.79 Å². The van der Waals surface area contributed by atoms with Crippen LogP contribution in [0.25, 0.3) is 11.4 Å². The number of hydrogen-bond donors (Lipinski definition) is 2. The molecule has 0 radical (unpaired) electrons. The summed E-state index contributed by atoms with van der Waals surface area (Å²) < 4.78 is 0. The van der Waals surface area contributed by atoms with E-state index in [4.69, 9.17) is 23.2 Å². The van der Waals surface area contributed by atoms with Gasteiger partial charge >= 0.3 is 0 Å². The number of aromatic nitrogens is 3. The third-order valence-corrected chi connectivity index (χ3v) is 4.58. The molecule has 122 valence electrons. The fourth-order valence-electron chi connectivity index (χ4n) is 1.96. The maximum atomic E-state index is 12.0. The maximum Gasteiger partial charge on any atom is 0.234 e. The predicted molar refractivity (Wildman–Crippen MR) is 97.6 cm³/mol. The van der Waals surface area contributed by atoms with E-state index in [1.165, 1.54) is 11.8 Å². The highest BCUT2D eigenvalue weighted by molar-refractivity contribution is 7.99. The van der Waals surface area contributed by atoms with Gasteiger partial charge in [0.1, 0.15) is 0 Å². The summed E-state index contributed by atoms with van der Waals surface area (Å²) in [6, 6.07) is 14.4. The molecule has 2 aromatic carbocycles. The Kier molecular flexibility index (Phi) is 5.40. The van der Waals surface area contributed by atoms with Gasteiger partial charge in [0.15, 0.2) is 5.82 Å². The van der Waals surface area contributed by atoms with Crippen molar-refractivity contribution in [3.63, 3.8) is 0 Å². The van der Waals surface area contributed by atoms with Crippen LogP contribution in [-0.2, 0) is 4.79 Å². The molecule has 1 amide bonds. The average molecular weight is 379 g/mol. The van der Waals surface area contributed by atoms with Crippen molar-refractivity contribution in [3.05, 3.63) is 58.6 Å². The molecule has 24 heavy (non-hydrogen) atoms. The van der Waals surface area contributed by atoms with Crippen LogP contribution in [0.1, 0.15) is 0 Å². The van der Waals surface area contributed by atoms with Gasteiger partial charge in [-0.3, -0.25) is 9.89 Å². The van der Waals surface area contributed by atoms with Gasteiger partial charge in [0, 0.05) is 5.56 Å². The average Bonchev–Trinajstić information content (AvgIpc) is 3.04. The summed E-state index contributed by atoms with van der Waals surface area (Å²) in [5.74, 6) is 0.553. The van der Waals surface area contributed by atoms with Gasteiger partial charge in [-0.05, 0) is 24.3 Å². The number of benzene rings is 2. The minimum atomic E-state index is -0.183. The molecule has 0 saturated heterocycles. The van der Waals surface area contributed by atoms with Crippen LogP contribution in [0.4, 0.5) is 5.69 Å². The van der Waals surface area contributed by atoms with Crippen molar-refractivity contribution in [1.82, 2.24) is 15.2 Å². The Bertz CT molecular complexity index is 869. The summed E-state index contributed by atoms with van der Waals surface area (Å²) >= 11 is 13.4. The Morgan fingerprint density at radius 3 is 2.54 bits per heavy atom. The van der Waals surface area contributed by atoms with Crippen molar-refractivity contribution in [2.45, 2.75) is 5.16 Å². The summed E-state index contributed by atoms with van der Waals surface area (Å²) in [7, 11) is 0. The van der Waals surface area contributed by atoms with Crippen molar-refractivity contribution in [3.8, 4) is 11.4 Å². The maximum absolute atomic E-state index is 12.0. The number of rotatable bonds is 5. The highest BCUT2D eigenvalue weighted by Gasteiger charge is 2.11. The molecule has 5 nitrogen and oxygen atoms in total. The van der Waals surface area contributed by atoms with E-state index in [0.29, 0.717) is 26.7 Å². The van der Waals surface area contributed by atoms with Gasteiger partial charge in [0.25, 0.3) is 0 Å². The number of amides is 1. The fourth-order valence-corrected chi connectivity index (χ4v) is 2.97. The number of hydrogen-bond acceptors (Lipinski definition) is 4. The smallest absolute Gasteiger partial charge is 0.234 e. The third kappa shape index (κ3) is 4.08. The Hall–Kier alpha value is -2.02. The molecule has 0 atom stereocenters. The number of halogens is 2. The summed E-state index contributed by atoms with van der Waals surface area (Å²) in [6.45, 7) is 0. The largest absolute Gasteiger partial charge is 0.324 e. The lowest BCUT2D eigenvalue weighted by atomic mass is 10.2. The number of nitrogens with zero attached hydrogens (tertiary/aromatic N) is 2. The first kappa shape index (κ1) is 16.8. The zero-order valence-electron chi connectivity index (χ0n) is 12.3. The number of anilines is 1. The Balaban J connectivity index is 1.61. The van der Waals surface area contributed by atoms with Gasteiger partial charge < -0.3 is 5.32 Å². The predicted octanol–water partition coefficient (Wildman–Crippen LogP) is 4.51. The van der Waals surface area contributed by atoms with Crippen LogP contribution in [0.15, 0.2) is 53.7 Å². The number of para-hydroxylation sites is 1. The lowest BCUT2D eigenvalue weighted by Gasteiger charge is -2.05. The van der Waals surface area contributed by atoms with Crippen LogP contribution >= 0.6 is 35.0 Å². The van der Waals surface area contributed by atoms with E-state index in [1.807, 2.05) is 18.2 Å². The normalized spacial score (nSPS) is 10.6. The van der Waals surface area contributed by atoms with Gasteiger partial charge in [0.2, 0.25) is 11.1 Å². The molecule has 0 aliphatic carbocycles. The number of carbonyl (C=O) groups is 1. The minimum Gasteiger partial charge on any atom is -0.324 e. The monoisotopic (exact) mass is 378 g/mol. The van der Waals surface area contributed by atoms with Gasteiger partial charge in [-0.1, -0.05) is 59.2 Å². The zero-order valence-corrected chi connectivity index (χ0v) is 14.6. The number of aromatic amines is 1. The standard InChI is InChI=1S/C16H12Cl2N4OS/c17-11-6-2-1-5-10(11)15-20-16(22-21-15)24-9-14(23)19-13-8-4-3-7-12(13)18/h1-8H,9H2,(H,19,23)(H,20,21,22). The van der Waals surface area contributed by atoms with E-state index in [0.717, 1.165) is 5.56 Å². The van der Waals surface area contributed by atoms with E-state index in [1.54, 1.807) is 30.3 Å². The van der Waals surface area contributed by atoms with Crippen molar-refractivity contribution >= 4 is 46.6 Å². The molecule has 0 aliphatic heterocycles. The molecule has 1 aromatic heterocycles. The van der Waals surface area contributed by atoms with Crippen molar-refractivity contribution in [2.24, 2.45) is 0 Å². The first-order valence-corrected chi connectivity index (χ1v) is 8.72. The van der Waals surface area contributed by atoms with Crippen LogP contribution in [0.5, 0.6) is 0 Å². The first-order chi connectivity index (χ1) is 11.6. The molecule has 0 unspecified atom stereocenters. The van der Waals surface area contributed by atoms with Gasteiger partial charge in [-0.2, -0.15) is 0 Å². The molecule has 0 bridgehead atoms. The van der Waals surface area contributed by atoms with Gasteiger partial charge in [-0.25, -0.2) is 4.98 Å². The van der Waals surface area contributed by atoms with Crippen molar-refractivity contribution in [1.29, 1.82) is 0 Å².